The van der Waals surface area contributed by atoms with Gasteiger partial charge >= 0.3 is 0 Å². The number of rotatable bonds is 6. The summed E-state index contributed by atoms with van der Waals surface area (Å²) in [5.74, 6) is 0.615. The molecule has 2 aromatic carbocycles. The normalized spacial score (nSPS) is 45.5. The monoisotopic (exact) mass is 666 g/mol. The highest BCUT2D eigenvalue weighted by Crippen LogP contribution is 2.69. The topological polar surface area (TPSA) is 46.9 Å². The van der Waals surface area contributed by atoms with Crippen molar-refractivity contribution in [1.82, 2.24) is 0 Å². The van der Waals surface area contributed by atoms with E-state index in [4.69, 9.17) is 0 Å². The third-order valence-electron chi connectivity index (χ3n) is 15.9. The second-order valence-corrected chi connectivity index (χ2v) is 17.2. The minimum absolute atomic E-state index is 0.0183. The minimum Gasteiger partial charge on any atom is -0.392 e. The fourth-order valence-electron chi connectivity index (χ4n) is 14.6. The van der Waals surface area contributed by atoms with E-state index in [9.17, 15) is 10.2 Å². The van der Waals surface area contributed by atoms with Gasteiger partial charge < -0.3 is 29.0 Å². The van der Waals surface area contributed by atoms with E-state index in [0.29, 0.717) is 23.9 Å². The number of anilines is 2. The molecule has 2 aromatic rings. The van der Waals surface area contributed by atoms with Crippen LogP contribution in [0.5, 0.6) is 0 Å². The van der Waals surface area contributed by atoms with Gasteiger partial charge in [-0.2, -0.15) is 0 Å². The number of aliphatic hydroxyl groups is 2. The largest absolute Gasteiger partial charge is 0.392 e. The quantitative estimate of drug-likeness (QED) is 0.317. The molecule has 2 N–H and O–H groups in total. The molecule has 256 valence electrons. The molecule has 2 spiro atoms. The molecule has 50 heavy (non-hydrogen) atoms. The van der Waals surface area contributed by atoms with E-state index in [1.54, 1.807) is 11.1 Å². The molecule has 2 saturated carbocycles. The Morgan fingerprint density at radius 1 is 0.680 bits per heavy atom. The molecule has 1 unspecified atom stereocenters. The van der Waals surface area contributed by atoms with Gasteiger partial charge in [-0.15, -0.1) is 0 Å². The van der Waals surface area contributed by atoms with Gasteiger partial charge in [0.25, 0.3) is 0 Å². The summed E-state index contributed by atoms with van der Waals surface area (Å²) in [6, 6.07) is 20.3. The minimum atomic E-state index is 0.0183. The highest BCUT2D eigenvalue weighted by molar-refractivity contribution is 5.77. The summed E-state index contributed by atoms with van der Waals surface area (Å²) in [4.78, 5) is 5.54. The molecule has 6 heteroatoms. The molecule has 9 aliphatic rings. The third-order valence-corrected chi connectivity index (χ3v) is 15.9. The van der Waals surface area contributed by atoms with Gasteiger partial charge in [0.05, 0.1) is 62.3 Å². The average molecular weight is 667 g/mol. The van der Waals surface area contributed by atoms with Gasteiger partial charge in [-0.3, -0.25) is 0 Å². The first-order valence-electron chi connectivity index (χ1n) is 19.2. The SMILES string of the molecule is C=CC[N+]12CC[C@@]34c5ccccc5N5/C=C6/[C@H]7C[C@H]8[C@@]9(CC[N@@+]8(CC=C)C/C7=C/CO)c7ccccc7N(/C=C(/[C@@H](C[C@@H]31)/C(=C\CO)C2)[C@H]54)[C@@H]69. The molecule has 4 bridgehead atoms. The van der Waals surface area contributed by atoms with Gasteiger partial charge in [-0.1, -0.05) is 61.7 Å². The van der Waals surface area contributed by atoms with E-state index in [-0.39, 0.29) is 36.1 Å². The second-order valence-electron chi connectivity index (χ2n) is 17.2. The number of benzene rings is 2. The number of nitrogens with zero attached hydrogens (tertiary/aromatic N) is 4. The van der Waals surface area contributed by atoms with Crippen molar-refractivity contribution in [3.05, 3.63) is 132 Å². The fraction of sp³-hybridized carbons (Fsp3) is 0.455. The lowest BCUT2D eigenvalue weighted by atomic mass is 9.56. The van der Waals surface area contributed by atoms with E-state index in [1.165, 1.54) is 33.6 Å². The van der Waals surface area contributed by atoms with Crippen molar-refractivity contribution in [2.24, 2.45) is 11.8 Å². The first kappa shape index (κ1) is 30.0. The Balaban J connectivity index is 1.22. The molecule has 2 aliphatic carbocycles. The number of quaternary nitrogens is 2. The Kier molecular flexibility index (Phi) is 6.00. The maximum atomic E-state index is 10.5. The Bertz CT molecular complexity index is 1850. The fourth-order valence-corrected chi connectivity index (χ4v) is 14.6. The van der Waals surface area contributed by atoms with Crippen LogP contribution >= 0.6 is 0 Å². The lowest BCUT2D eigenvalue weighted by Gasteiger charge is -2.59. The molecule has 0 radical (unpaired) electrons. The predicted octanol–water partition coefficient (Wildman–Crippen LogP) is 5.48. The van der Waals surface area contributed by atoms with Crippen molar-refractivity contribution < 1.29 is 19.2 Å². The molecule has 6 fully saturated rings. The van der Waals surface area contributed by atoms with Crippen LogP contribution in [-0.4, -0.2) is 95.8 Å². The van der Waals surface area contributed by atoms with E-state index in [1.807, 2.05) is 0 Å². The Labute approximate surface area is 296 Å². The number of piperidine rings is 2. The van der Waals surface area contributed by atoms with Crippen LogP contribution in [0.25, 0.3) is 0 Å². The van der Waals surface area contributed by atoms with Crippen molar-refractivity contribution in [3.8, 4) is 0 Å². The maximum Gasteiger partial charge on any atom is 0.103 e. The van der Waals surface area contributed by atoms with Gasteiger partial charge in [-0.25, -0.2) is 0 Å². The Morgan fingerprint density at radius 3 is 1.54 bits per heavy atom. The first-order chi connectivity index (χ1) is 24.5. The van der Waals surface area contributed by atoms with Crippen LogP contribution in [0.1, 0.15) is 36.8 Å². The molecule has 7 heterocycles. The third kappa shape index (κ3) is 3.24. The van der Waals surface area contributed by atoms with Gasteiger partial charge in [0.2, 0.25) is 0 Å². The van der Waals surface area contributed by atoms with Crippen LogP contribution in [0.4, 0.5) is 11.4 Å². The predicted molar refractivity (Wildman–Crippen MR) is 198 cm³/mol. The van der Waals surface area contributed by atoms with E-state index < -0.39 is 0 Å². The summed E-state index contributed by atoms with van der Waals surface area (Å²) < 4.78 is 2.12. The van der Waals surface area contributed by atoms with Crippen molar-refractivity contribution in [2.75, 3.05) is 62.3 Å². The van der Waals surface area contributed by atoms with Crippen LogP contribution in [0.3, 0.4) is 0 Å². The Morgan fingerprint density at radius 2 is 1.12 bits per heavy atom. The molecule has 6 nitrogen and oxygen atoms in total. The van der Waals surface area contributed by atoms with Crippen LogP contribution in [0.2, 0.25) is 0 Å². The highest BCUT2D eigenvalue weighted by atomic mass is 16.3. The molecule has 10 atom stereocenters. The summed E-state index contributed by atoms with van der Waals surface area (Å²) in [7, 11) is 0. The molecular weight excluding hydrogens is 617 g/mol. The summed E-state index contributed by atoms with van der Waals surface area (Å²) >= 11 is 0. The van der Waals surface area contributed by atoms with Gasteiger partial charge in [0.1, 0.15) is 25.2 Å². The van der Waals surface area contributed by atoms with Crippen molar-refractivity contribution in [2.45, 2.75) is 60.7 Å². The van der Waals surface area contributed by atoms with E-state index in [2.05, 4.69) is 108 Å². The summed E-state index contributed by atoms with van der Waals surface area (Å²) in [5, 5.41) is 20.9. The van der Waals surface area contributed by atoms with Gasteiger partial charge in [-0.05, 0) is 57.7 Å². The first-order valence-corrected chi connectivity index (χ1v) is 19.2. The van der Waals surface area contributed by atoms with E-state index >= 15 is 0 Å². The molecule has 11 rings (SSSR count). The highest BCUT2D eigenvalue weighted by Gasteiger charge is 2.75. The lowest BCUT2D eigenvalue weighted by Crippen LogP contribution is -2.69. The smallest absolute Gasteiger partial charge is 0.103 e. The van der Waals surface area contributed by atoms with Crippen molar-refractivity contribution in [1.29, 1.82) is 0 Å². The van der Waals surface area contributed by atoms with Gasteiger partial charge in [0.15, 0.2) is 0 Å². The zero-order chi connectivity index (χ0) is 33.6. The number of aliphatic hydroxyl groups excluding tert-OH is 2. The molecule has 7 aliphatic heterocycles. The summed E-state index contributed by atoms with van der Waals surface area (Å²) in [6.07, 6.45) is 18.6. The molecule has 0 amide bonds. The molecular formula is C44H50N4O2+2. The summed E-state index contributed by atoms with van der Waals surface area (Å²) in [6.45, 7) is 15.0. The molecule has 0 aromatic heterocycles. The van der Waals surface area contributed by atoms with Gasteiger partial charge in [0, 0.05) is 61.3 Å². The van der Waals surface area contributed by atoms with Crippen LogP contribution in [0.15, 0.2) is 121 Å². The number of para-hydroxylation sites is 2. The van der Waals surface area contributed by atoms with Crippen LogP contribution in [-0.2, 0) is 10.8 Å². The standard InChI is InChI=1S/C44H50N4O2/c1-3-17-47-19-15-43-35-9-5-7-11-37(35)45-26-34-32-24-40-44(16-20-48(40,18-4-2)28-30(32)14-22-50)36-10-6-8-12-38(36)46(42(34)44)25-33(41(43)45)31(23-39(43)47)29(27-47)13-21-49/h3-14,25-26,31-32,39-42,49-50H,1-2,15-24,27-28H2/q+2/b29-13-,30-14-,33-25-,34-26-/t31-,32-,39-,40-,41-,42-,43+,44+,47-,48?/m0/s1. The number of hydrogen-bond donors (Lipinski definition) is 2. The second kappa shape index (κ2) is 10.0. The van der Waals surface area contributed by atoms with E-state index in [0.717, 1.165) is 73.9 Å². The maximum absolute atomic E-state index is 10.5. The molecule has 4 saturated heterocycles. The number of hydrogen-bond acceptors (Lipinski definition) is 4. The average Bonchev–Trinajstić information content (AvgIpc) is 3.81. The Hall–Kier alpha value is -3.68. The zero-order valence-electron chi connectivity index (χ0n) is 29.1. The number of fused-ring (bicyclic) bond motifs is 8. The van der Waals surface area contributed by atoms with Crippen molar-refractivity contribution >= 4 is 11.4 Å². The lowest BCUT2D eigenvalue weighted by molar-refractivity contribution is -0.937. The van der Waals surface area contributed by atoms with Crippen molar-refractivity contribution in [3.63, 3.8) is 0 Å². The zero-order valence-corrected chi connectivity index (χ0v) is 29.1. The van der Waals surface area contributed by atoms with Crippen LogP contribution < -0.4 is 9.80 Å². The van der Waals surface area contributed by atoms with Crippen LogP contribution in [0, 0.1) is 11.8 Å². The summed E-state index contributed by atoms with van der Waals surface area (Å²) in [5.41, 5.74) is 11.8.